The monoisotopic (exact) mass is 352 g/mol. The molecule has 0 radical (unpaired) electrons. The summed E-state index contributed by atoms with van der Waals surface area (Å²) in [6.45, 7) is 1.96. The summed E-state index contributed by atoms with van der Waals surface area (Å²) in [5.41, 5.74) is 8.48. The van der Waals surface area contributed by atoms with Crippen LogP contribution < -0.4 is 15.8 Å². The predicted molar refractivity (Wildman–Crippen MR) is 98.5 cm³/mol. The molecule has 1 atom stereocenters. The Hall–Kier alpha value is -2.77. The van der Waals surface area contributed by atoms with Crippen molar-refractivity contribution in [3.05, 3.63) is 54.1 Å². The molecule has 0 saturated carbocycles. The number of fused-ring (bicyclic) bond motifs is 1. The number of nitrogens with zero attached hydrogens (tertiary/aromatic N) is 2. The Morgan fingerprint density at radius 1 is 1.12 bits per heavy atom. The van der Waals surface area contributed by atoms with Crippen LogP contribution in [0.15, 0.2) is 48.5 Å². The number of thiazole rings is 1. The number of carbonyl (C=O) groups excluding carboxylic acids is 2. The molecule has 1 fully saturated rings. The molecule has 3 aromatic rings. The van der Waals surface area contributed by atoms with Gasteiger partial charge < -0.3 is 0 Å². The van der Waals surface area contributed by atoms with E-state index in [1.807, 2.05) is 43.3 Å². The number of amides is 2. The third-order valence-corrected chi connectivity index (χ3v) is 5.04. The van der Waals surface area contributed by atoms with E-state index in [-0.39, 0.29) is 18.2 Å². The van der Waals surface area contributed by atoms with Crippen LogP contribution in [0.3, 0.4) is 0 Å². The molecule has 2 heterocycles. The minimum atomic E-state index is -0.610. The van der Waals surface area contributed by atoms with Crippen LogP contribution in [0.2, 0.25) is 0 Å². The number of hydrazine groups is 1. The number of nitrogens with one attached hydrogen (secondary N) is 2. The number of anilines is 2. The number of hydrogen-bond acceptors (Lipinski definition) is 6. The van der Waals surface area contributed by atoms with Gasteiger partial charge in [-0.2, -0.15) is 0 Å². The van der Waals surface area contributed by atoms with E-state index in [0.717, 1.165) is 15.8 Å². The molecule has 1 aromatic heterocycles. The van der Waals surface area contributed by atoms with Crippen molar-refractivity contribution in [1.82, 2.24) is 10.4 Å². The maximum Gasteiger partial charge on any atom is 0.253 e. The molecular formula is C18H16N4O2S. The van der Waals surface area contributed by atoms with Gasteiger partial charge >= 0.3 is 0 Å². The number of aromatic nitrogens is 1. The van der Waals surface area contributed by atoms with E-state index < -0.39 is 6.04 Å². The van der Waals surface area contributed by atoms with Crippen molar-refractivity contribution in [1.29, 1.82) is 0 Å². The molecule has 1 aliphatic heterocycles. The lowest BCUT2D eigenvalue weighted by Gasteiger charge is -2.15. The first-order valence-corrected chi connectivity index (χ1v) is 8.74. The van der Waals surface area contributed by atoms with Crippen molar-refractivity contribution in [2.24, 2.45) is 0 Å². The van der Waals surface area contributed by atoms with Crippen LogP contribution in [0, 0.1) is 6.92 Å². The Balaban J connectivity index is 1.47. The molecular weight excluding hydrogens is 336 g/mol. The van der Waals surface area contributed by atoms with Crippen molar-refractivity contribution in [2.75, 3.05) is 10.3 Å². The average molecular weight is 352 g/mol. The first kappa shape index (κ1) is 15.7. The zero-order valence-corrected chi connectivity index (χ0v) is 14.3. The van der Waals surface area contributed by atoms with E-state index >= 15 is 0 Å². The molecule has 126 valence electrons. The van der Waals surface area contributed by atoms with Crippen molar-refractivity contribution < 1.29 is 9.59 Å². The molecule has 0 unspecified atom stereocenters. The summed E-state index contributed by atoms with van der Waals surface area (Å²) < 4.78 is 1.06. The van der Waals surface area contributed by atoms with Gasteiger partial charge in [0.25, 0.3) is 5.91 Å². The molecule has 1 aliphatic rings. The summed E-state index contributed by atoms with van der Waals surface area (Å²) in [5.74, 6) is -0.472. The summed E-state index contributed by atoms with van der Waals surface area (Å²) in [6, 6.07) is 14.5. The number of carbonyl (C=O) groups is 2. The first-order chi connectivity index (χ1) is 12.1. The predicted octanol–water partition coefficient (Wildman–Crippen LogP) is 2.85. The highest BCUT2D eigenvalue weighted by molar-refractivity contribution is 7.22. The molecule has 4 rings (SSSR count). The van der Waals surface area contributed by atoms with Crippen LogP contribution in [0.1, 0.15) is 12.0 Å². The highest BCUT2D eigenvalue weighted by Crippen LogP contribution is 2.26. The maximum absolute atomic E-state index is 12.6. The van der Waals surface area contributed by atoms with Gasteiger partial charge in [0.1, 0.15) is 6.04 Å². The molecule has 2 N–H and O–H groups in total. The number of benzene rings is 2. The summed E-state index contributed by atoms with van der Waals surface area (Å²) >= 11 is 1.49. The van der Waals surface area contributed by atoms with Gasteiger partial charge in [-0.05, 0) is 31.2 Å². The molecule has 7 heteroatoms. The van der Waals surface area contributed by atoms with Crippen molar-refractivity contribution in [2.45, 2.75) is 19.4 Å². The quantitative estimate of drug-likeness (QED) is 0.558. The molecule has 0 spiro atoms. The SMILES string of the molecule is Cc1ccc(N2C(=O)C[C@@H](NNc3nc4ccccc4s3)C2=O)cc1. The third-order valence-electron chi connectivity index (χ3n) is 4.09. The summed E-state index contributed by atoms with van der Waals surface area (Å²) in [7, 11) is 0. The standard InChI is InChI=1S/C18H16N4O2S/c1-11-6-8-12(9-7-11)22-16(23)10-14(17(22)24)20-21-18-19-13-4-2-3-5-15(13)25-18/h2-9,14,20H,10H2,1H3,(H,19,21)/t14-/m1/s1. The van der Waals surface area contributed by atoms with Gasteiger partial charge in [-0.25, -0.2) is 15.3 Å². The second-order valence-electron chi connectivity index (χ2n) is 5.92. The summed E-state index contributed by atoms with van der Waals surface area (Å²) in [6.07, 6.45) is 0.116. The summed E-state index contributed by atoms with van der Waals surface area (Å²) in [4.78, 5) is 30.5. The average Bonchev–Trinajstić information content (AvgIpc) is 3.14. The van der Waals surface area contributed by atoms with E-state index in [4.69, 9.17) is 0 Å². The zero-order valence-electron chi connectivity index (χ0n) is 13.5. The Labute approximate surface area is 148 Å². The minimum Gasteiger partial charge on any atom is -0.296 e. The Morgan fingerprint density at radius 2 is 1.88 bits per heavy atom. The Bertz CT molecular complexity index is 918. The molecule has 1 saturated heterocycles. The summed E-state index contributed by atoms with van der Waals surface area (Å²) in [5, 5.41) is 0.662. The maximum atomic E-state index is 12.6. The van der Waals surface area contributed by atoms with Gasteiger partial charge in [-0.3, -0.25) is 15.0 Å². The van der Waals surface area contributed by atoms with E-state index in [2.05, 4.69) is 15.8 Å². The smallest absolute Gasteiger partial charge is 0.253 e. The van der Waals surface area contributed by atoms with Crippen LogP contribution in [-0.2, 0) is 9.59 Å². The first-order valence-electron chi connectivity index (χ1n) is 7.92. The fraction of sp³-hybridized carbons (Fsp3) is 0.167. The number of imide groups is 1. The number of para-hydroxylation sites is 1. The normalized spacial score (nSPS) is 17.5. The Morgan fingerprint density at radius 3 is 2.64 bits per heavy atom. The molecule has 0 bridgehead atoms. The second kappa shape index (κ2) is 6.27. The van der Waals surface area contributed by atoms with Gasteiger partial charge in [0.05, 0.1) is 22.3 Å². The molecule has 25 heavy (non-hydrogen) atoms. The number of rotatable bonds is 4. The highest BCUT2D eigenvalue weighted by Gasteiger charge is 2.39. The zero-order chi connectivity index (χ0) is 17.4. The molecule has 2 amide bonds. The lowest BCUT2D eigenvalue weighted by atomic mass is 10.2. The van der Waals surface area contributed by atoms with Crippen LogP contribution in [0.25, 0.3) is 10.2 Å². The fourth-order valence-corrected chi connectivity index (χ4v) is 3.61. The van der Waals surface area contributed by atoms with Gasteiger partial charge in [-0.15, -0.1) is 0 Å². The lowest BCUT2D eigenvalue weighted by molar-refractivity contribution is -0.121. The Kier molecular flexibility index (Phi) is 3.95. The second-order valence-corrected chi connectivity index (χ2v) is 6.95. The lowest BCUT2D eigenvalue weighted by Crippen LogP contribution is -2.41. The minimum absolute atomic E-state index is 0.116. The van der Waals surface area contributed by atoms with Crippen LogP contribution in [0.4, 0.5) is 10.8 Å². The highest BCUT2D eigenvalue weighted by atomic mass is 32.1. The van der Waals surface area contributed by atoms with Crippen molar-refractivity contribution in [3.8, 4) is 0 Å². The van der Waals surface area contributed by atoms with Gasteiger partial charge in [0, 0.05) is 0 Å². The topological polar surface area (TPSA) is 74.3 Å². The van der Waals surface area contributed by atoms with Crippen LogP contribution in [-0.4, -0.2) is 22.8 Å². The molecule has 0 aliphatic carbocycles. The van der Waals surface area contributed by atoms with Gasteiger partial charge in [0.2, 0.25) is 5.91 Å². The third kappa shape index (κ3) is 2.99. The van der Waals surface area contributed by atoms with Crippen LogP contribution >= 0.6 is 11.3 Å². The van der Waals surface area contributed by atoms with Crippen molar-refractivity contribution >= 4 is 44.2 Å². The molecule has 2 aromatic carbocycles. The van der Waals surface area contributed by atoms with E-state index in [1.165, 1.54) is 16.2 Å². The van der Waals surface area contributed by atoms with Gasteiger partial charge in [-0.1, -0.05) is 41.2 Å². The number of hydrogen-bond donors (Lipinski definition) is 2. The van der Waals surface area contributed by atoms with Gasteiger partial charge in [0.15, 0.2) is 5.13 Å². The van der Waals surface area contributed by atoms with E-state index in [9.17, 15) is 9.59 Å². The largest absolute Gasteiger partial charge is 0.296 e. The number of aryl methyl sites for hydroxylation is 1. The van der Waals surface area contributed by atoms with Crippen molar-refractivity contribution in [3.63, 3.8) is 0 Å². The molecule has 6 nitrogen and oxygen atoms in total. The van der Waals surface area contributed by atoms with E-state index in [0.29, 0.717) is 10.8 Å². The van der Waals surface area contributed by atoms with Crippen LogP contribution in [0.5, 0.6) is 0 Å². The van der Waals surface area contributed by atoms with E-state index in [1.54, 1.807) is 12.1 Å². The fourth-order valence-electron chi connectivity index (χ4n) is 2.78.